The Morgan fingerprint density at radius 3 is 2.52 bits per heavy atom. The molecule has 3 N–H and O–H groups in total. The van der Waals surface area contributed by atoms with Crippen molar-refractivity contribution in [2.45, 2.75) is 36.0 Å². The number of hydrogen-bond donors (Lipinski definition) is 2. The summed E-state index contributed by atoms with van der Waals surface area (Å²) in [6, 6.07) is 20.5. The molecule has 3 aromatic carbocycles. The van der Waals surface area contributed by atoms with Crippen molar-refractivity contribution in [2.24, 2.45) is 0 Å². The number of sulfone groups is 1. The SMILES string of the molecule is C[C@H](Nc1nc(N)ncc1-c1cccc(S(=O)(=O)C2CC2)c1)c1nc2cccc(Cl)c2c(=O)n1-c1ccccc1. The summed E-state index contributed by atoms with van der Waals surface area (Å²) in [6.07, 6.45) is 2.90. The zero-order chi connectivity index (χ0) is 28.0. The number of rotatable bonds is 7. The van der Waals surface area contributed by atoms with Gasteiger partial charge in [-0.15, -0.1) is 0 Å². The van der Waals surface area contributed by atoms with E-state index in [0.717, 1.165) is 0 Å². The zero-order valence-corrected chi connectivity index (χ0v) is 23.0. The molecule has 1 saturated carbocycles. The van der Waals surface area contributed by atoms with Gasteiger partial charge >= 0.3 is 0 Å². The van der Waals surface area contributed by atoms with Crippen molar-refractivity contribution in [1.82, 2.24) is 19.5 Å². The van der Waals surface area contributed by atoms with E-state index in [1.54, 1.807) is 48.7 Å². The van der Waals surface area contributed by atoms with Gasteiger partial charge in [0, 0.05) is 11.8 Å². The number of fused-ring (bicyclic) bond motifs is 1. The minimum atomic E-state index is -3.39. The fraction of sp³-hybridized carbons (Fsp3) is 0.172. The Morgan fingerprint density at radius 1 is 1.02 bits per heavy atom. The Hall–Kier alpha value is -4.28. The van der Waals surface area contributed by atoms with E-state index in [2.05, 4.69) is 15.3 Å². The zero-order valence-electron chi connectivity index (χ0n) is 21.5. The molecule has 0 amide bonds. The number of halogens is 1. The van der Waals surface area contributed by atoms with Crippen molar-refractivity contribution in [1.29, 1.82) is 0 Å². The fourth-order valence-corrected chi connectivity index (χ4v) is 6.67. The number of nitrogens with two attached hydrogens (primary N) is 1. The molecule has 0 radical (unpaired) electrons. The second kappa shape index (κ2) is 10.0. The summed E-state index contributed by atoms with van der Waals surface area (Å²) >= 11 is 6.42. The molecule has 0 unspecified atom stereocenters. The van der Waals surface area contributed by atoms with E-state index in [9.17, 15) is 13.2 Å². The highest BCUT2D eigenvalue weighted by molar-refractivity contribution is 7.92. The van der Waals surface area contributed by atoms with Crippen LogP contribution in [0.1, 0.15) is 31.6 Å². The van der Waals surface area contributed by atoms with Gasteiger partial charge in [-0.25, -0.2) is 18.4 Å². The number of nitrogens with zero attached hydrogens (tertiary/aromatic N) is 4. The van der Waals surface area contributed by atoms with Crippen molar-refractivity contribution in [3.05, 3.63) is 100 Å². The van der Waals surface area contributed by atoms with Gasteiger partial charge in [0.25, 0.3) is 5.56 Å². The number of para-hydroxylation sites is 1. The van der Waals surface area contributed by atoms with E-state index >= 15 is 0 Å². The Morgan fingerprint density at radius 2 is 1.77 bits per heavy atom. The largest absolute Gasteiger partial charge is 0.368 e. The standard InChI is InChI=1S/C29H25ClN6O3S/c1-17(27-34-24-12-6-11-23(30)25(24)28(37)36(27)19-8-3-2-4-9-19)33-26-22(16-32-29(31)35-26)18-7-5-10-21(15-18)40(38,39)20-13-14-20/h2-12,15-17,20H,13-14H2,1H3,(H3,31,32,33,35)/t17-/m0/s1. The molecule has 2 aromatic heterocycles. The molecule has 0 saturated heterocycles. The van der Waals surface area contributed by atoms with Crippen LogP contribution >= 0.6 is 11.6 Å². The fourth-order valence-electron chi connectivity index (χ4n) is 4.72. The molecular formula is C29H25ClN6O3S. The summed E-state index contributed by atoms with van der Waals surface area (Å²) in [7, 11) is -3.39. The molecular weight excluding hydrogens is 548 g/mol. The van der Waals surface area contributed by atoms with Crippen molar-refractivity contribution < 1.29 is 8.42 Å². The molecule has 40 heavy (non-hydrogen) atoms. The van der Waals surface area contributed by atoms with Crippen molar-refractivity contribution in [3.8, 4) is 16.8 Å². The maximum atomic E-state index is 13.8. The van der Waals surface area contributed by atoms with Gasteiger partial charge in [0.05, 0.1) is 37.8 Å². The van der Waals surface area contributed by atoms with Crippen LogP contribution < -0.4 is 16.6 Å². The third-order valence-electron chi connectivity index (χ3n) is 6.87. The van der Waals surface area contributed by atoms with Gasteiger partial charge in [0.1, 0.15) is 11.6 Å². The summed E-state index contributed by atoms with van der Waals surface area (Å²) in [6.45, 7) is 1.85. The number of nitrogens with one attached hydrogen (secondary N) is 1. The molecule has 2 heterocycles. The van der Waals surface area contributed by atoms with Crippen LogP contribution in [-0.4, -0.2) is 33.2 Å². The van der Waals surface area contributed by atoms with Gasteiger partial charge in [-0.05, 0) is 61.7 Å². The highest BCUT2D eigenvalue weighted by Gasteiger charge is 2.37. The smallest absolute Gasteiger partial charge is 0.267 e. The second-order valence-electron chi connectivity index (χ2n) is 9.71. The van der Waals surface area contributed by atoms with Crippen LogP contribution in [0.15, 0.2) is 88.7 Å². The van der Waals surface area contributed by atoms with Gasteiger partial charge in [-0.1, -0.05) is 48.0 Å². The van der Waals surface area contributed by atoms with E-state index < -0.39 is 15.9 Å². The maximum absolute atomic E-state index is 13.8. The minimum Gasteiger partial charge on any atom is -0.368 e. The predicted molar refractivity (Wildman–Crippen MR) is 156 cm³/mol. The van der Waals surface area contributed by atoms with Gasteiger partial charge in [0.2, 0.25) is 5.95 Å². The average Bonchev–Trinajstić information content (AvgIpc) is 3.80. The van der Waals surface area contributed by atoms with Crippen LogP contribution in [0.4, 0.5) is 11.8 Å². The summed E-state index contributed by atoms with van der Waals surface area (Å²) in [5.74, 6) is 0.846. The Balaban J connectivity index is 1.46. The molecule has 0 aliphatic heterocycles. The lowest BCUT2D eigenvalue weighted by Crippen LogP contribution is -2.27. The van der Waals surface area contributed by atoms with Gasteiger partial charge < -0.3 is 11.1 Å². The van der Waals surface area contributed by atoms with Crippen LogP contribution in [0.5, 0.6) is 0 Å². The monoisotopic (exact) mass is 572 g/mol. The molecule has 0 bridgehead atoms. The Bertz CT molecular complexity index is 1920. The Labute approximate surface area is 235 Å². The lowest BCUT2D eigenvalue weighted by molar-refractivity contribution is 0.595. The molecule has 202 valence electrons. The summed E-state index contributed by atoms with van der Waals surface area (Å²) in [4.78, 5) is 27.4. The third-order valence-corrected chi connectivity index (χ3v) is 9.45. The van der Waals surface area contributed by atoms with E-state index in [4.69, 9.17) is 22.3 Å². The summed E-state index contributed by atoms with van der Waals surface area (Å²) < 4.78 is 27.3. The van der Waals surface area contributed by atoms with Crippen molar-refractivity contribution in [2.75, 3.05) is 11.1 Å². The first kappa shape index (κ1) is 26.0. The molecule has 0 spiro atoms. The number of hydrogen-bond acceptors (Lipinski definition) is 8. The minimum absolute atomic E-state index is 0.0407. The van der Waals surface area contributed by atoms with Gasteiger partial charge in [0.15, 0.2) is 9.84 Å². The topological polar surface area (TPSA) is 133 Å². The van der Waals surface area contributed by atoms with E-state index in [1.807, 2.05) is 37.3 Å². The summed E-state index contributed by atoms with van der Waals surface area (Å²) in [5, 5.41) is 3.65. The van der Waals surface area contributed by atoms with Gasteiger partial charge in [-0.3, -0.25) is 9.36 Å². The predicted octanol–water partition coefficient (Wildman–Crippen LogP) is 5.19. The second-order valence-corrected chi connectivity index (χ2v) is 12.3. The number of anilines is 2. The van der Waals surface area contributed by atoms with E-state index in [0.29, 0.717) is 57.2 Å². The lowest BCUT2D eigenvalue weighted by atomic mass is 10.1. The van der Waals surface area contributed by atoms with Crippen molar-refractivity contribution >= 4 is 44.1 Å². The molecule has 6 rings (SSSR count). The van der Waals surface area contributed by atoms with Crippen LogP contribution in [0.2, 0.25) is 5.02 Å². The number of benzene rings is 3. The molecule has 1 atom stereocenters. The van der Waals surface area contributed by atoms with Crippen LogP contribution in [0, 0.1) is 0 Å². The first-order valence-corrected chi connectivity index (χ1v) is 14.7. The normalized spacial score (nSPS) is 14.2. The first-order valence-electron chi connectivity index (χ1n) is 12.7. The molecule has 1 aliphatic carbocycles. The first-order chi connectivity index (χ1) is 19.2. The van der Waals surface area contributed by atoms with Gasteiger partial charge in [-0.2, -0.15) is 4.98 Å². The number of nitrogen functional groups attached to an aromatic ring is 1. The van der Waals surface area contributed by atoms with Crippen molar-refractivity contribution in [3.63, 3.8) is 0 Å². The molecule has 5 aromatic rings. The maximum Gasteiger partial charge on any atom is 0.267 e. The van der Waals surface area contributed by atoms with E-state index in [-0.39, 0.29) is 21.7 Å². The quantitative estimate of drug-likeness (QED) is 0.272. The van der Waals surface area contributed by atoms with Crippen LogP contribution in [0.25, 0.3) is 27.7 Å². The lowest BCUT2D eigenvalue weighted by Gasteiger charge is -2.21. The van der Waals surface area contributed by atoms with E-state index in [1.165, 1.54) is 4.57 Å². The number of aromatic nitrogens is 4. The molecule has 9 nitrogen and oxygen atoms in total. The highest BCUT2D eigenvalue weighted by atomic mass is 35.5. The molecule has 11 heteroatoms. The molecule has 1 aliphatic rings. The van der Waals surface area contributed by atoms with Crippen LogP contribution in [-0.2, 0) is 9.84 Å². The summed E-state index contributed by atoms with van der Waals surface area (Å²) in [5.41, 5.74) is 7.94. The average molecular weight is 573 g/mol. The van der Waals surface area contributed by atoms with Crippen LogP contribution in [0.3, 0.4) is 0 Å². The molecule has 1 fully saturated rings. The third kappa shape index (κ3) is 4.69. The Kier molecular flexibility index (Phi) is 6.52. The highest BCUT2D eigenvalue weighted by Crippen LogP contribution is 2.36.